The summed E-state index contributed by atoms with van der Waals surface area (Å²) in [4.78, 5) is 15.6. The molecular weight excluding hydrogens is 220 g/mol. The van der Waals surface area contributed by atoms with Gasteiger partial charge in [0.15, 0.2) is 0 Å². The molecule has 1 saturated heterocycles. The summed E-state index contributed by atoms with van der Waals surface area (Å²) in [5.74, 6) is -0.747. The van der Waals surface area contributed by atoms with Gasteiger partial charge in [0, 0.05) is 33.3 Å². The Hall–Kier alpha value is -0.650. The van der Waals surface area contributed by atoms with E-state index in [4.69, 9.17) is 9.84 Å². The minimum absolute atomic E-state index is 0.154. The van der Waals surface area contributed by atoms with Crippen molar-refractivity contribution in [1.82, 2.24) is 9.80 Å². The van der Waals surface area contributed by atoms with Gasteiger partial charge >= 0.3 is 5.97 Å². The highest BCUT2D eigenvalue weighted by Gasteiger charge is 2.38. The van der Waals surface area contributed by atoms with Crippen molar-refractivity contribution in [3.63, 3.8) is 0 Å². The molecule has 1 aliphatic heterocycles. The number of piperazine rings is 1. The van der Waals surface area contributed by atoms with E-state index in [2.05, 4.69) is 16.8 Å². The Morgan fingerprint density at radius 3 is 2.35 bits per heavy atom. The summed E-state index contributed by atoms with van der Waals surface area (Å²) in [5, 5.41) is 9.10. The van der Waals surface area contributed by atoms with Gasteiger partial charge in [-0.1, -0.05) is 6.92 Å². The van der Waals surface area contributed by atoms with Gasteiger partial charge in [0.05, 0.1) is 18.6 Å². The molecule has 0 saturated carbocycles. The van der Waals surface area contributed by atoms with Crippen LogP contribution in [0.1, 0.15) is 19.8 Å². The van der Waals surface area contributed by atoms with Crippen molar-refractivity contribution in [2.45, 2.75) is 25.3 Å². The second kappa shape index (κ2) is 6.33. The first kappa shape index (κ1) is 14.4. The van der Waals surface area contributed by atoms with Gasteiger partial charge in [-0.3, -0.25) is 9.69 Å². The fraction of sp³-hybridized carbons (Fsp3) is 0.917. The Kier molecular flexibility index (Phi) is 5.36. The summed E-state index contributed by atoms with van der Waals surface area (Å²) in [6.45, 7) is 6.35. The minimum Gasteiger partial charge on any atom is -0.481 e. The van der Waals surface area contributed by atoms with E-state index in [-0.39, 0.29) is 12.0 Å². The predicted octanol–water partition coefficient (Wildman–Crippen LogP) is 0.504. The Labute approximate surface area is 103 Å². The lowest BCUT2D eigenvalue weighted by atomic mass is 9.90. The molecule has 0 aromatic heterocycles. The van der Waals surface area contributed by atoms with Crippen LogP contribution in [-0.4, -0.2) is 73.4 Å². The highest BCUT2D eigenvalue weighted by atomic mass is 16.5. The molecule has 0 amide bonds. The standard InChI is InChI=1S/C12H24N2O3/c1-4-12(10-17-3,9-11(15)16)14-7-5-13(2)6-8-14/h4-10H2,1-3H3,(H,15,16). The van der Waals surface area contributed by atoms with Crippen molar-refractivity contribution in [1.29, 1.82) is 0 Å². The molecule has 1 heterocycles. The molecule has 1 N–H and O–H groups in total. The fourth-order valence-corrected chi connectivity index (χ4v) is 2.54. The number of nitrogens with zero attached hydrogens (tertiary/aromatic N) is 2. The molecule has 5 heteroatoms. The van der Waals surface area contributed by atoms with E-state index in [1.165, 1.54) is 0 Å². The number of aliphatic carboxylic acids is 1. The van der Waals surface area contributed by atoms with E-state index in [1.54, 1.807) is 7.11 Å². The molecule has 1 fully saturated rings. The first-order valence-electron chi connectivity index (χ1n) is 6.18. The lowest BCUT2D eigenvalue weighted by Crippen LogP contribution is -2.59. The summed E-state index contributed by atoms with van der Waals surface area (Å²) in [6, 6.07) is 0. The molecule has 0 bridgehead atoms. The van der Waals surface area contributed by atoms with Crippen molar-refractivity contribution < 1.29 is 14.6 Å². The third-order valence-electron chi connectivity index (χ3n) is 3.73. The van der Waals surface area contributed by atoms with Crippen LogP contribution in [0.4, 0.5) is 0 Å². The van der Waals surface area contributed by atoms with Gasteiger partial charge in [-0.25, -0.2) is 0 Å². The Morgan fingerprint density at radius 1 is 1.35 bits per heavy atom. The summed E-state index contributed by atoms with van der Waals surface area (Å²) in [5.41, 5.74) is -0.345. The van der Waals surface area contributed by atoms with E-state index >= 15 is 0 Å². The Balaban J connectivity index is 2.76. The number of hydrogen-bond acceptors (Lipinski definition) is 4. The molecule has 17 heavy (non-hydrogen) atoms. The molecule has 100 valence electrons. The number of likely N-dealkylation sites (N-methyl/N-ethyl adjacent to an activating group) is 1. The SMILES string of the molecule is CCC(COC)(CC(=O)O)N1CCN(C)CC1. The molecule has 1 atom stereocenters. The Bertz CT molecular complexity index is 252. The molecule has 1 rings (SSSR count). The zero-order valence-electron chi connectivity index (χ0n) is 11.1. The number of carboxylic acid groups (broad SMARTS) is 1. The van der Waals surface area contributed by atoms with Crippen molar-refractivity contribution in [3.05, 3.63) is 0 Å². The molecule has 0 spiro atoms. The molecule has 0 aliphatic carbocycles. The number of carbonyl (C=O) groups is 1. The smallest absolute Gasteiger partial charge is 0.305 e. The van der Waals surface area contributed by atoms with Crippen LogP contribution in [-0.2, 0) is 9.53 Å². The van der Waals surface area contributed by atoms with Gasteiger partial charge in [-0.05, 0) is 13.5 Å². The highest BCUT2D eigenvalue weighted by molar-refractivity contribution is 5.68. The molecular formula is C12H24N2O3. The van der Waals surface area contributed by atoms with Crippen LogP contribution in [0.3, 0.4) is 0 Å². The maximum atomic E-state index is 11.1. The first-order chi connectivity index (χ1) is 8.04. The van der Waals surface area contributed by atoms with Gasteiger partial charge < -0.3 is 14.7 Å². The summed E-state index contributed by atoms with van der Waals surface area (Å²) in [6.07, 6.45) is 0.956. The second-order valence-electron chi connectivity index (χ2n) is 4.87. The van der Waals surface area contributed by atoms with E-state index in [0.717, 1.165) is 32.6 Å². The zero-order chi connectivity index (χ0) is 12.9. The lowest BCUT2D eigenvalue weighted by Gasteiger charge is -2.46. The topological polar surface area (TPSA) is 53.0 Å². The quantitative estimate of drug-likeness (QED) is 0.737. The molecule has 0 radical (unpaired) electrons. The monoisotopic (exact) mass is 244 g/mol. The fourth-order valence-electron chi connectivity index (χ4n) is 2.54. The van der Waals surface area contributed by atoms with Crippen LogP contribution in [0.15, 0.2) is 0 Å². The van der Waals surface area contributed by atoms with Gasteiger partial charge in [0.2, 0.25) is 0 Å². The normalized spacial score (nSPS) is 22.3. The van der Waals surface area contributed by atoms with Crippen molar-refractivity contribution in [2.75, 3.05) is 46.9 Å². The maximum Gasteiger partial charge on any atom is 0.305 e. The van der Waals surface area contributed by atoms with E-state index in [1.807, 2.05) is 6.92 Å². The van der Waals surface area contributed by atoms with Crippen LogP contribution in [0.2, 0.25) is 0 Å². The number of methoxy groups -OCH3 is 1. The highest BCUT2D eigenvalue weighted by Crippen LogP contribution is 2.26. The Morgan fingerprint density at radius 2 is 1.94 bits per heavy atom. The van der Waals surface area contributed by atoms with Gasteiger partial charge in [0.1, 0.15) is 0 Å². The minimum atomic E-state index is -0.747. The van der Waals surface area contributed by atoms with Crippen LogP contribution >= 0.6 is 0 Å². The van der Waals surface area contributed by atoms with Crippen LogP contribution < -0.4 is 0 Å². The second-order valence-corrected chi connectivity index (χ2v) is 4.87. The van der Waals surface area contributed by atoms with Crippen molar-refractivity contribution in [3.8, 4) is 0 Å². The summed E-state index contributed by atoms with van der Waals surface area (Å²) in [7, 11) is 3.74. The maximum absolute atomic E-state index is 11.1. The molecule has 0 aromatic carbocycles. The number of rotatable bonds is 6. The molecule has 1 aliphatic rings. The van der Waals surface area contributed by atoms with Gasteiger partial charge in [0.25, 0.3) is 0 Å². The lowest BCUT2D eigenvalue weighted by molar-refractivity contribution is -0.142. The van der Waals surface area contributed by atoms with Crippen molar-refractivity contribution >= 4 is 5.97 Å². The van der Waals surface area contributed by atoms with Crippen molar-refractivity contribution in [2.24, 2.45) is 0 Å². The van der Waals surface area contributed by atoms with Gasteiger partial charge in [-0.2, -0.15) is 0 Å². The first-order valence-corrected chi connectivity index (χ1v) is 6.18. The summed E-state index contributed by atoms with van der Waals surface area (Å²) < 4.78 is 5.26. The van der Waals surface area contributed by atoms with Crippen LogP contribution in [0.5, 0.6) is 0 Å². The zero-order valence-corrected chi connectivity index (χ0v) is 11.1. The van der Waals surface area contributed by atoms with Gasteiger partial charge in [-0.15, -0.1) is 0 Å². The molecule has 0 aromatic rings. The number of hydrogen-bond donors (Lipinski definition) is 1. The number of ether oxygens (including phenoxy) is 1. The van der Waals surface area contributed by atoms with Crippen LogP contribution in [0, 0.1) is 0 Å². The average Bonchev–Trinajstić information content (AvgIpc) is 2.28. The van der Waals surface area contributed by atoms with E-state index < -0.39 is 5.97 Å². The van der Waals surface area contributed by atoms with E-state index in [0.29, 0.717) is 6.61 Å². The predicted molar refractivity (Wildman–Crippen MR) is 66.2 cm³/mol. The molecule has 5 nitrogen and oxygen atoms in total. The van der Waals surface area contributed by atoms with Crippen LogP contribution in [0.25, 0.3) is 0 Å². The third kappa shape index (κ3) is 3.66. The largest absolute Gasteiger partial charge is 0.481 e. The third-order valence-corrected chi connectivity index (χ3v) is 3.73. The average molecular weight is 244 g/mol. The number of carboxylic acids is 1. The molecule has 1 unspecified atom stereocenters. The van der Waals surface area contributed by atoms with E-state index in [9.17, 15) is 4.79 Å². The summed E-state index contributed by atoms with van der Waals surface area (Å²) >= 11 is 0.